The van der Waals surface area contributed by atoms with Crippen molar-refractivity contribution in [1.29, 1.82) is 0 Å². The van der Waals surface area contributed by atoms with Gasteiger partial charge in [0.2, 0.25) is 0 Å². The third-order valence-corrected chi connectivity index (χ3v) is 5.76. The van der Waals surface area contributed by atoms with Gasteiger partial charge in [0.05, 0.1) is 10.0 Å². The molecule has 26 heavy (non-hydrogen) atoms. The average molecular weight is 514 g/mol. The van der Waals surface area contributed by atoms with E-state index in [9.17, 15) is 9.90 Å². The van der Waals surface area contributed by atoms with E-state index in [1.54, 1.807) is 23.9 Å². The highest BCUT2D eigenvalue weighted by Crippen LogP contribution is 2.33. The van der Waals surface area contributed by atoms with E-state index in [4.69, 9.17) is 11.6 Å². The molecule has 3 aromatic carbocycles. The molecule has 0 spiro atoms. The number of aromatic hydroxyl groups is 1. The van der Waals surface area contributed by atoms with Gasteiger partial charge in [-0.1, -0.05) is 39.3 Å². The van der Waals surface area contributed by atoms with Crippen molar-refractivity contribution in [3.63, 3.8) is 0 Å². The van der Waals surface area contributed by atoms with Crippen LogP contribution in [0.25, 0.3) is 0 Å². The molecule has 3 aromatic rings. The lowest BCUT2D eigenvalue weighted by Crippen LogP contribution is -2.12. The molecule has 0 atom stereocenters. The second kappa shape index (κ2) is 8.48. The zero-order chi connectivity index (χ0) is 18.7. The predicted octanol–water partition coefficient (Wildman–Crippen LogP) is 6.97. The summed E-state index contributed by atoms with van der Waals surface area (Å²) >= 11 is 14.0. The zero-order valence-electron chi connectivity index (χ0n) is 13.2. The first-order chi connectivity index (χ1) is 12.4. The molecule has 0 saturated carbocycles. The normalized spacial score (nSPS) is 10.6. The molecular formula is C19H12Br2ClNO2S. The number of phenolic OH excluding ortho intramolecular Hbond substituents is 1. The summed E-state index contributed by atoms with van der Waals surface area (Å²) in [6, 6.07) is 18.3. The minimum atomic E-state index is -0.386. The molecule has 3 nitrogen and oxygen atoms in total. The van der Waals surface area contributed by atoms with E-state index in [2.05, 4.69) is 37.2 Å². The maximum atomic E-state index is 12.4. The standard InChI is InChI=1S/C19H12Br2ClNO2S/c20-11-9-16(18(24)17(21)10-11)19(25)23-13-3-7-15(8-4-13)26-14-5-1-12(22)2-6-14/h1-10,24H,(H,23,25). The molecule has 0 aromatic heterocycles. The van der Waals surface area contributed by atoms with Gasteiger partial charge in [-0.25, -0.2) is 0 Å². The summed E-state index contributed by atoms with van der Waals surface area (Å²) in [5, 5.41) is 13.5. The fourth-order valence-corrected chi connectivity index (χ4v) is 4.35. The molecule has 132 valence electrons. The lowest BCUT2D eigenvalue weighted by atomic mass is 10.2. The van der Waals surface area contributed by atoms with Gasteiger partial charge < -0.3 is 10.4 Å². The summed E-state index contributed by atoms with van der Waals surface area (Å²) in [6.45, 7) is 0. The van der Waals surface area contributed by atoms with E-state index in [-0.39, 0.29) is 17.2 Å². The minimum absolute atomic E-state index is 0.0967. The Morgan fingerprint density at radius 2 is 1.54 bits per heavy atom. The van der Waals surface area contributed by atoms with Crippen molar-refractivity contribution in [2.24, 2.45) is 0 Å². The van der Waals surface area contributed by atoms with E-state index in [1.807, 2.05) is 48.5 Å². The first kappa shape index (κ1) is 19.3. The van der Waals surface area contributed by atoms with Gasteiger partial charge in [-0.05, 0) is 76.6 Å². The van der Waals surface area contributed by atoms with Crippen molar-refractivity contribution in [1.82, 2.24) is 0 Å². The Labute approximate surface area is 177 Å². The highest BCUT2D eigenvalue weighted by atomic mass is 79.9. The molecule has 0 saturated heterocycles. The molecule has 0 aliphatic heterocycles. The van der Waals surface area contributed by atoms with Crippen LogP contribution >= 0.6 is 55.2 Å². The van der Waals surface area contributed by atoms with Gasteiger partial charge in [0.15, 0.2) is 0 Å². The van der Waals surface area contributed by atoms with Gasteiger partial charge in [0, 0.05) is 25.0 Å². The summed E-state index contributed by atoms with van der Waals surface area (Å²) in [4.78, 5) is 14.5. The van der Waals surface area contributed by atoms with E-state index in [1.165, 1.54) is 0 Å². The quantitative estimate of drug-likeness (QED) is 0.396. The molecule has 0 fully saturated rings. The smallest absolute Gasteiger partial charge is 0.259 e. The monoisotopic (exact) mass is 511 g/mol. The van der Waals surface area contributed by atoms with Crippen molar-refractivity contribution < 1.29 is 9.90 Å². The van der Waals surface area contributed by atoms with E-state index >= 15 is 0 Å². The molecular weight excluding hydrogens is 502 g/mol. The number of benzene rings is 3. The fourth-order valence-electron chi connectivity index (χ4n) is 2.18. The third kappa shape index (κ3) is 4.82. The van der Waals surface area contributed by atoms with Gasteiger partial charge >= 0.3 is 0 Å². The Morgan fingerprint density at radius 3 is 2.15 bits per heavy atom. The van der Waals surface area contributed by atoms with Crippen LogP contribution in [0.1, 0.15) is 10.4 Å². The van der Waals surface area contributed by atoms with E-state index in [0.29, 0.717) is 19.7 Å². The number of anilines is 1. The largest absolute Gasteiger partial charge is 0.506 e. The van der Waals surface area contributed by atoms with Crippen LogP contribution in [0.3, 0.4) is 0 Å². The van der Waals surface area contributed by atoms with Gasteiger partial charge in [-0.15, -0.1) is 0 Å². The van der Waals surface area contributed by atoms with E-state index < -0.39 is 0 Å². The zero-order valence-corrected chi connectivity index (χ0v) is 17.9. The number of amides is 1. The Bertz CT molecular complexity index is 947. The second-order valence-electron chi connectivity index (χ2n) is 5.32. The maximum absolute atomic E-state index is 12.4. The number of hydrogen-bond acceptors (Lipinski definition) is 3. The van der Waals surface area contributed by atoms with Crippen LogP contribution in [-0.2, 0) is 0 Å². The average Bonchev–Trinajstić information content (AvgIpc) is 2.61. The highest BCUT2D eigenvalue weighted by Gasteiger charge is 2.15. The molecule has 0 radical (unpaired) electrons. The number of halogens is 3. The van der Waals surface area contributed by atoms with Crippen LogP contribution in [0.4, 0.5) is 5.69 Å². The summed E-state index contributed by atoms with van der Waals surface area (Å²) in [7, 11) is 0. The molecule has 0 bridgehead atoms. The molecule has 2 N–H and O–H groups in total. The second-order valence-corrected chi connectivity index (χ2v) is 8.67. The highest BCUT2D eigenvalue weighted by molar-refractivity contribution is 9.11. The Hall–Kier alpha value is -1.47. The first-order valence-corrected chi connectivity index (χ1v) is 10.2. The summed E-state index contributed by atoms with van der Waals surface area (Å²) < 4.78 is 1.15. The van der Waals surface area contributed by atoms with Gasteiger partial charge in [-0.2, -0.15) is 0 Å². The Kier molecular flexibility index (Phi) is 6.29. The number of carbonyl (C=O) groups excluding carboxylic acids is 1. The number of rotatable bonds is 4. The van der Waals surface area contributed by atoms with Crippen LogP contribution in [0.5, 0.6) is 5.75 Å². The predicted molar refractivity (Wildman–Crippen MR) is 113 cm³/mol. The summed E-state index contributed by atoms with van der Waals surface area (Å²) in [5.41, 5.74) is 0.830. The van der Waals surface area contributed by atoms with Crippen LogP contribution in [0.15, 0.2) is 79.4 Å². The molecule has 1 amide bonds. The topological polar surface area (TPSA) is 49.3 Å². The summed E-state index contributed by atoms with van der Waals surface area (Å²) in [6.07, 6.45) is 0. The Balaban J connectivity index is 1.71. The number of hydrogen-bond donors (Lipinski definition) is 2. The van der Waals surface area contributed by atoms with Gasteiger partial charge in [0.1, 0.15) is 5.75 Å². The molecule has 3 rings (SSSR count). The third-order valence-electron chi connectivity index (χ3n) is 3.43. The molecule has 0 aliphatic rings. The van der Waals surface area contributed by atoms with Crippen LogP contribution in [-0.4, -0.2) is 11.0 Å². The van der Waals surface area contributed by atoms with Crippen molar-refractivity contribution in [2.45, 2.75) is 9.79 Å². The van der Waals surface area contributed by atoms with Crippen LogP contribution in [0, 0.1) is 0 Å². The first-order valence-electron chi connectivity index (χ1n) is 7.45. The van der Waals surface area contributed by atoms with Gasteiger partial charge in [-0.3, -0.25) is 4.79 Å². The number of nitrogens with one attached hydrogen (secondary N) is 1. The fraction of sp³-hybridized carbons (Fsp3) is 0. The van der Waals surface area contributed by atoms with Crippen molar-refractivity contribution in [2.75, 3.05) is 5.32 Å². The Morgan fingerprint density at radius 1 is 0.962 bits per heavy atom. The molecule has 0 heterocycles. The molecule has 7 heteroatoms. The molecule has 0 aliphatic carbocycles. The van der Waals surface area contributed by atoms with Crippen molar-refractivity contribution in [3.05, 3.63) is 80.2 Å². The number of phenols is 1. The van der Waals surface area contributed by atoms with Gasteiger partial charge in [0.25, 0.3) is 5.91 Å². The lowest BCUT2D eigenvalue weighted by molar-refractivity contribution is 0.102. The summed E-state index contributed by atoms with van der Waals surface area (Å²) in [5.74, 6) is -0.483. The van der Waals surface area contributed by atoms with Crippen molar-refractivity contribution in [3.8, 4) is 5.75 Å². The molecule has 0 unspecified atom stereocenters. The number of carbonyl (C=O) groups is 1. The maximum Gasteiger partial charge on any atom is 0.259 e. The SMILES string of the molecule is O=C(Nc1ccc(Sc2ccc(Cl)cc2)cc1)c1cc(Br)cc(Br)c1O. The van der Waals surface area contributed by atoms with Crippen LogP contribution in [0.2, 0.25) is 5.02 Å². The van der Waals surface area contributed by atoms with E-state index in [0.717, 1.165) is 9.79 Å². The van der Waals surface area contributed by atoms with Crippen molar-refractivity contribution >= 4 is 66.8 Å². The minimum Gasteiger partial charge on any atom is -0.506 e. The lowest BCUT2D eigenvalue weighted by Gasteiger charge is -2.09. The van der Waals surface area contributed by atoms with Crippen LogP contribution < -0.4 is 5.32 Å².